The quantitative estimate of drug-likeness (QED) is 0.779. The summed E-state index contributed by atoms with van der Waals surface area (Å²) in [6, 6.07) is 11.9. The summed E-state index contributed by atoms with van der Waals surface area (Å²) < 4.78 is 12.5. The highest BCUT2D eigenvalue weighted by atomic mass is 16.5. The van der Waals surface area contributed by atoms with Gasteiger partial charge >= 0.3 is 0 Å². The Morgan fingerprint density at radius 1 is 1.00 bits per heavy atom. The van der Waals surface area contributed by atoms with E-state index in [-0.39, 0.29) is 0 Å². The number of methoxy groups -OCH3 is 2. The average Bonchev–Trinajstić information content (AvgIpc) is 2.96. The molecule has 0 aliphatic heterocycles. The highest BCUT2D eigenvalue weighted by molar-refractivity contribution is 5.79. The predicted octanol–water partition coefficient (Wildman–Crippen LogP) is 1.96. The number of nitrogens with two attached hydrogens (primary N) is 1. The number of benzene rings is 2. The van der Waals surface area contributed by atoms with Crippen molar-refractivity contribution >= 4 is 11.0 Å². The maximum absolute atomic E-state index is 5.62. The minimum Gasteiger partial charge on any atom is -0.493 e. The first-order valence-corrected chi connectivity index (χ1v) is 6.98. The van der Waals surface area contributed by atoms with Crippen LogP contribution in [0.5, 0.6) is 11.5 Å². The Bertz CT molecular complexity index is 781. The first kappa shape index (κ1) is 14.3. The minimum absolute atomic E-state index is 0.545. The van der Waals surface area contributed by atoms with Crippen LogP contribution < -0.4 is 15.2 Å². The van der Waals surface area contributed by atoms with Crippen molar-refractivity contribution < 1.29 is 9.47 Å². The van der Waals surface area contributed by atoms with Crippen LogP contribution >= 0.6 is 0 Å². The number of ether oxygens (including phenoxy) is 2. The van der Waals surface area contributed by atoms with Crippen LogP contribution in [0.4, 0.5) is 0 Å². The molecule has 0 saturated carbocycles. The van der Waals surface area contributed by atoms with E-state index >= 15 is 0 Å². The molecule has 1 heterocycles. The molecular formula is C16H18N4O2. The number of hydrogen-bond donors (Lipinski definition) is 1. The van der Waals surface area contributed by atoms with Crippen molar-refractivity contribution in [2.45, 2.75) is 13.1 Å². The van der Waals surface area contributed by atoms with Gasteiger partial charge in [-0.05, 0) is 11.1 Å². The first-order valence-electron chi connectivity index (χ1n) is 6.98. The molecule has 0 saturated heterocycles. The Kier molecular flexibility index (Phi) is 3.93. The van der Waals surface area contributed by atoms with Crippen LogP contribution in [-0.4, -0.2) is 29.2 Å². The Balaban J connectivity index is 1.96. The van der Waals surface area contributed by atoms with Crippen molar-refractivity contribution in [3.63, 3.8) is 0 Å². The molecule has 0 radical (unpaired) electrons. The van der Waals surface area contributed by atoms with Crippen molar-refractivity contribution in [3.05, 3.63) is 47.5 Å². The van der Waals surface area contributed by atoms with E-state index in [1.165, 1.54) is 0 Å². The predicted molar refractivity (Wildman–Crippen MR) is 84.1 cm³/mol. The highest BCUT2D eigenvalue weighted by Crippen LogP contribution is 2.31. The SMILES string of the molecule is COc1cc2nnn(Cc3ccc(CN)cc3)c2cc1OC. The molecule has 0 fully saturated rings. The molecule has 0 unspecified atom stereocenters. The summed E-state index contributed by atoms with van der Waals surface area (Å²) in [7, 11) is 3.22. The number of aromatic nitrogens is 3. The molecule has 0 aliphatic rings. The average molecular weight is 298 g/mol. The minimum atomic E-state index is 0.545. The maximum Gasteiger partial charge on any atom is 0.163 e. The van der Waals surface area contributed by atoms with Gasteiger partial charge in [-0.3, -0.25) is 0 Å². The molecule has 0 spiro atoms. The van der Waals surface area contributed by atoms with E-state index in [0.29, 0.717) is 24.6 Å². The third-order valence-corrected chi connectivity index (χ3v) is 3.61. The zero-order valence-corrected chi connectivity index (χ0v) is 12.6. The Hall–Kier alpha value is -2.60. The van der Waals surface area contributed by atoms with Crippen molar-refractivity contribution in [2.75, 3.05) is 14.2 Å². The summed E-state index contributed by atoms with van der Waals surface area (Å²) in [5.74, 6) is 1.31. The molecule has 22 heavy (non-hydrogen) atoms. The molecule has 3 aromatic rings. The smallest absolute Gasteiger partial charge is 0.163 e. The Labute approximate surface area is 128 Å². The fourth-order valence-electron chi connectivity index (χ4n) is 2.37. The van der Waals surface area contributed by atoms with Crippen LogP contribution in [-0.2, 0) is 13.1 Å². The summed E-state index contributed by atoms with van der Waals surface area (Å²) >= 11 is 0. The zero-order chi connectivity index (χ0) is 15.5. The summed E-state index contributed by atoms with van der Waals surface area (Å²) in [5.41, 5.74) is 9.54. The van der Waals surface area contributed by atoms with Gasteiger partial charge in [0.05, 0.1) is 26.3 Å². The van der Waals surface area contributed by atoms with Crippen LogP contribution in [0.1, 0.15) is 11.1 Å². The molecule has 6 heteroatoms. The second-order valence-electron chi connectivity index (χ2n) is 4.96. The van der Waals surface area contributed by atoms with Crippen molar-refractivity contribution in [1.29, 1.82) is 0 Å². The second kappa shape index (κ2) is 6.03. The van der Waals surface area contributed by atoms with Crippen LogP contribution in [0.25, 0.3) is 11.0 Å². The van der Waals surface area contributed by atoms with E-state index in [0.717, 1.165) is 22.2 Å². The lowest BCUT2D eigenvalue weighted by Crippen LogP contribution is -2.03. The van der Waals surface area contributed by atoms with Crippen molar-refractivity contribution in [3.8, 4) is 11.5 Å². The van der Waals surface area contributed by atoms with Gasteiger partial charge in [-0.15, -0.1) is 5.10 Å². The lowest BCUT2D eigenvalue weighted by Gasteiger charge is -2.08. The van der Waals surface area contributed by atoms with Gasteiger partial charge in [0.1, 0.15) is 5.52 Å². The second-order valence-corrected chi connectivity index (χ2v) is 4.96. The molecule has 0 atom stereocenters. The molecule has 114 valence electrons. The molecule has 0 aliphatic carbocycles. The monoisotopic (exact) mass is 298 g/mol. The third kappa shape index (κ3) is 2.60. The van der Waals surface area contributed by atoms with Gasteiger partial charge in [0, 0.05) is 18.7 Å². The lowest BCUT2D eigenvalue weighted by atomic mass is 10.1. The van der Waals surface area contributed by atoms with Crippen molar-refractivity contribution in [2.24, 2.45) is 5.73 Å². The first-order chi connectivity index (χ1) is 10.7. The largest absolute Gasteiger partial charge is 0.493 e. The number of rotatable bonds is 5. The summed E-state index contributed by atoms with van der Waals surface area (Å²) in [5, 5.41) is 8.40. The molecule has 1 aromatic heterocycles. The van der Waals surface area contributed by atoms with E-state index in [9.17, 15) is 0 Å². The van der Waals surface area contributed by atoms with Gasteiger partial charge < -0.3 is 15.2 Å². The van der Waals surface area contributed by atoms with E-state index in [4.69, 9.17) is 15.2 Å². The molecule has 0 amide bonds. The molecular weight excluding hydrogens is 280 g/mol. The van der Waals surface area contributed by atoms with Crippen LogP contribution in [0.2, 0.25) is 0 Å². The highest BCUT2D eigenvalue weighted by Gasteiger charge is 2.11. The van der Waals surface area contributed by atoms with E-state index in [1.54, 1.807) is 14.2 Å². The van der Waals surface area contributed by atoms with Gasteiger partial charge in [-0.1, -0.05) is 29.5 Å². The third-order valence-electron chi connectivity index (χ3n) is 3.61. The summed E-state index contributed by atoms with van der Waals surface area (Å²) in [6.45, 7) is 1.18. The number of nitrogens with zero attached hydrogens (tertiary/aromatic N) is 3. The van der Waals surface area contributed by atoms with E-state index in [2.05, 4.69) is 22.4 Å². The fourth-order valence-corrected chi connectivity index (χ4v) is 2.37. The zero-order valence-electron chi connectivity index (χ0n) is 12.6. The van der Waals surface area contributed by atoms with Crippen molar-refractivity contribution in [1.82, 2.24) is 15.0 Å². The standard InChI is InChI=1S/C16H18N4O2/c1-21-15-7-13-14(8-16(15)22-2)20(19-18-13)10-12-5-3-11(9-17)4-6-12/h3-8H,9-10,17H2,1-2H3. The summed E-state index contributed by atoms with van der Waals surface area (Å²) in [4.78, 5) is 0. The Morgan fingerprint density at radius 2 is 1.64 bits per heavy atom. The maximum atomic E-state index is 5.62. The topological polar surface area (TPSA) is 75.2 Å². The Morgan fingerprint density at radius 3 is 2.27 bits per heavy atom. The number of hydrogen-bond acceptors (Lipinski definition) is 5. The van der Waals surface area contributed by atoms with Crippen LogP contribution in [0.3, 0.4) is 0 Å². The van der Waals surface area contributed by atoms with Crippen LogP contribution in [0.15, 0.2) is 36.4 Å². The van der Waals surface area contributed by atoms with Gasteiger partial charge in [-0.2, -0.15) is 0 Å². The van der Waals surface area contributed by atoms with Gasteiger partial charge in [-0.25, -0.2) is 4.68 Å². The van der Waals surface area contributed by atoms with Gasteiger partial charge in [0.25, 0.3) is 0 Å². The molecule has 2 aromatic carbocycles. The van der Waals surface area contributed by atoms with Crippen LogP contribution in [0, 0.1) is 0 Å². The van der Waals surface area contributed by atoms with Gasteiger partial charge in [0.2, 0.25) is 0 Å². The normalized spacial score (nSPS) is 10.9. The lowest BCUT2D eigenvalue weighted by molar-refractivity contribution is 0.355. The fraction of sp³-hybridized carbons (Fsp3) is 0.250. The number of fused-ring (bicyclic) bond motifs is 1. The molecule has 6 nitrogen and oxygen atoms in total. The summed E-state index contributed by atoms with van der Waals surface area (Å²) in [6.07, 6.45) is 0. The van der Waals surface area contributed by atoms with E-state index in [1.807, 2.05) is 28.9 Å². The molecule has 0 bridgehead atoms. The van der Waals surface area contributed by atoms with E-state index < -0.39 is 0 Å². The molecule has 3 rings (SSSR count). The van der Waals surface area contributed by atoms with Gasteiger partial charge in [0.15, 0.2) is 11.5 Å². The molecule has 2 N–H and O–H groups in total.